The number of halogens is 1. The molecule has 2 heteroatoms. The third kappa shape index (κ3) is 5.18. The minimum Gasteiger partial charge on any atom is -0.310 e. The predicted molar refractivity (Wildman–Crippen MR) is 165 cm³/mol. The van der Waals surface area contributed by atoms with Gasteiger partial charge in [-0.15, -0.1) is 0 Å². The lowest BCUT2D eigenvalue weighted by Gasteiger charge is -2.27. The molecule has 0 aliphatic rings. The van der Waals surface area contributed by atoms with Gasteiger partial charge < -0.3 is 4.90 Å². The fraction of sp³-hybridized carbons (Fsp3) is 0. The van der Waals surface area contributed by atoms with E-state index in [1.165, 1.54) is 33.4 Å². The number of rotatable bonds is 6. The number of anilines is 3. The summed E-state index contributed by atoms with van der Waals surface area (Å²) in [5, 5.41) is 0. The zero-order chi connectivity index (χ0) is 25.7. The van der Waals surface area contributed by atoms with Crippen LogP contribution in [0.5, 0.6) is 0 Å². The van der Waals surface area contributed by atoms with Gasteiger partial charge in [0, 0.05) is 21.5 Å². The van der Waals surface area contributed by atoms with E-state index < -0.39 is 0 Å². The normalized spacial score (nSPS) is 10.8. The highest BCUT2D eigenvalue weighted by atomic mass is 79.9. The Morgan fingerprint density at radius 3 is 1.18 bits per heavy atom. The Balaban J connectivity index is 1.45. The van der Waals surface area contributed by atoms with Crippen LogP contribution >= 0.6 is 15.9 Å². The zero-order valence-electron chi connectivity index (χ0n) is 20.8. The van der Waals surface area contributed by atoms with Gasteiger partial charge in [0.25, 0.3) is 0 Å². The van der Waals surface area contributed by atoms with Crippen LogP contribution in [-0.2, 0) is 0 Å². The summed E-state index contributed by atoms with van der Waals surface area (Å²) in [6.07, 6.45) is 0. The third-order valence-corrected chi connectivity index (χ3v) is 7.25. The van der Waals surface area contributed by atoms with E-state index in [-0.39, 0.29) is 0 Å². The molecule has 0 heterocycles. The highest BCUT2D eigenvalue weighted by Crippen LogP contribution is 2.39. The molecule has 0 radical (unpaired) electrons. The van der Waals surface area contributed by atoms with Gasteiger partial charge in [0.2, 0.25) is 0 Å². The summed E-state index contributed by atoms with van der Waals surface area (Å²) >= 11 is 3.54. The van der Waals surface area contributed by atoms with Gasteiger partial charge in [-0.05, 0) is 81.9 Å². The lowest BCUT2D eigenvalue weighted by molar-refractivity contribution is 1.28. The average molecular weight is 553 g/mol. The molecule has 38 heavy (non-hydrogen) atoms. The van der Waals surface area contributed by atoms with Crippen LogP contribution < -0.4 is 4.90 Å². The highest BCUT2D eigenvalue weighted by Gasteiger charge is 2.15. The third-order valence-electron chi connectivity index (χ3n) is 6.73. The molecule has 0 atom stereocenters. The van der Waals surface area contributed by atoms with Crippen LogP contribution in [0, 0.1) is 0 Å². The minimum absolute atomic E-state index is 1.08. The summed E-state index contributed by atoms with van der Waals surface area (Å²) < 4.78 is 1.08. The van der Waals surface area contributed by atoms with E-state index in [0.29, 0.717) is 0 Å². The van der Waals surface area contributed by atoms with Crippen LogP contribution in [-0.4, -0.2) is 0 Å². The summed E-state index contributed by atoms with van der Waals surface area (Å²) in [5.41, 5.74) is 10.5. The van der Waals surface area contributed by atoms with Gasteiger partial charge in [0.15, 0.2) is 0 Å². The van der Waals surface area contributed by atoms with E-state index in [1.54, 1.807) is 0 Å². The van der Waals surface area contributed by atoms with Crippen molar-refractivity contribution in [2.75, 3.05) is 4.90 Å². The van der Waals surface area contributed by atoms with Crippen molar-refractivity contribution in [3.63, 3.8) is 0 Å². The van der Waals surface area contributed by atoms with Crippen molar-refractivity contribution in [1.29, 1.82) is 0 Å². The van der Waals surface area contributed by atoms with Crippen LogP contribution in [0.25, 0.3) is 33.4 Å². The molecule has 0 spiro atoms. The molecule has 0 saturated carbocycles. The second-order valence-electron chi connectivity index (χ2n) is 9.22. The van der Waals surface area contributed by atoms with E-state index in [9.17, 15) is 0 Å². The smallest absolute Gasteiger partial charge is 0.0467 e. The molecule has 6 aromatic carbocycles. The number of nitrogens with zero attached hydrogens (tertiary/aromatic N) is 1. The summed E-state index contributed by atoms with van der Waals surface area (Å²) in [6.45, 7) is 0. The second-order valence-corrected chi connectivity index (χ2v) is 10.1. The largest absolute Gasteiger partial charge is 0.310 e. The molecule has 0 bridgehead atoms. The van der Waals surface area contributed by atoms with Gasteiger partial charge in [-0.25, -0.2) is 0 Å². The lowest BCUT2D eigenvalue weighted by Crippen LogP contribution is -2.10. The molecule has 0 fully saturated rings. The van der Waals surface area contributed by atoms with Crippen LogP contribution in [0.4, 0.5) is 17.1 Å². The van der Waals surface area contributed by atoms with Crippen molar-refractivity contribution >= 4 is 33.0 Å². The summed E-state index contributed by atoms with van der Waals surface area (Å²) in [5.74, 6) is 0. The van der Waals surface area contributed by atoms with E-state index in [4.69, 9.17) is 0 Å². The highest BCUT2D eigenvalue weighted by molar-refractivity contribution is 9.10. The SMILES string of the molecule is Brc1ccc(-c2ccc(N(c3cccc(-c4ccccc4)c3)c3cccc(-c4ccccc4)c3)cc2)cc1. The van der Waals surface area contributed by atoms with Crippen LogP contribution in [0.15, 0.2) is 162 Å². The Labute approximate surface area is 232 Å². The molecule has 1 nitrogen and oxygen atoms in total. The fourth-order valence-corrected chi connectivity index (χ4v) is 5.07. The first-order chi connectivity index (χ1) is 18.7. The van der Waals surface area contributed by atoms with Gasteiger partial charge in [-0.1, -0.05) is 125 Å². The first-order valence-corrected chi connectivity index (χ1v) is 13.5. The molecule has 6 rings (SSSR count). The van der Waals surface area contributed by atoms with Gasteiger partial charge in [0.1, 0.15) is 0 Å². The maximum Gasteiger partial charge on any atom is 0.0467 e. The van der Waals surface area contributed by atoms with Gasteiger partial charge >= 0.3 is 0 Å². The van der Waals surface area contributed by atoms with Crippen LogP contribution in [0.2, 0.25) is 0 Å². The Hall–Kier alpha value is -4.40. The topological polar surface area (TPSA) is 3.24 Å². The van der Waals surface area contributed by atoms with Crippen molar-refractivity contribution in [3.8, 4) is 33.4 Å². The lowest BCUT2D eigenvalue weighted by atomic mass is 10.0. The number of benzene rings is 6. The number of hydrogen-bond donors (Lipinski definition) is 0. The maximum absolute atomic E-state index is 3.54. The maximum atomic E-state index is 3.54. The standard InChI is InChI=1S/C36H26BrN/c37-33-21-17-29(18-22-33)30-19-23-34(24-20-30)38(35-15-7-13-31(25-35)27-9-3-1-4-10-27)36-16-8-14-32(26-36)28-11-5-2-6-12-28/h1-26H. The summed E-state index contributed by atoms with van der Waals surface area (Å²) in [7, 11) is 0. The summed E-state index contributed by atoms with van der Waals surface area (Å²) in [6, 6.07) is 55.9. The van der Waals surface area contributed by atoms with Gasteiger partial charge in [-0.2, -0.15) is 0 Å². The molecule has 0 aliphatic heterocycles. The van der Waals surface area contributed by atoms with Gasteiger partial charge in [-0.3, -0.25) is 0 Å². The molecule has 0 aromatic heterocycles. The van der Waals surface area contributed by atoms with Crippen molar-refractivity contribution < 1.29 is 0 Å². The van der Waals surface area contributed by atoms with Crippen LogP contribution in [0.1, 0.15) is 0 Å². The molecule has 0 saturated heterocycles. The molecule has 182 valence electrons. The Morgan fingerprint density at radius 1 is 0.316 bits per heavy atom. The van der Waals surface area contributed by atoms with E-state index in [0.717, 1.165) is 21.5 Å². The first kappa shape index (κ1) is 24.0. The molecule has 6 aromatic rings. The molecule has 0 aliphatic carbocycles. The molecule has 0 amide bonds. The van der Waals surface area contributed by atoms with E-state index in [2.05, 4.69) is 179 Å². The Kier molecular flexibility index (Phi) is 6.89. The second kappa shape index (κ2) is 10.9. The van der Waals surface area contributed by atoms with E-state index in [1.807, 2.05) is 0 Å². The molecule has 0 N–H and O–H groups in total. The molecular formula is C36H26BrN. The zero-order valence-corrected chi connectivity index (χ0v) is 22.4. The summed E-state index contributed by atoms with van der Waals surface area (Å²) in [4.78, 5) is 2.34. The quantitative estimate of drug-likeness (QED) is 0.199. The minimum atomic E-state index is 1.08. The monoisotopic (exact) mass is 551 g/mol. The first-order valence-electron chi connectivity index (χ1n) is 12.7. The Bertz CT molecular complexity index is 1560. The fourth-order valence-electron chi connectivity index (χ4n) is 4.80. The predicted octanol–water partition coefficient (Wildman–Crippen LogP) is 10.9. The van der Waals surface area contributed by atoms with Gasteiger partial charge in [0.05, 0.1) is 0 Å². The average Bonchev–Trinajstić information content (AvgIpc) is 2.99. The van der Waals surface area contributed by atoms with E-state index >= 15 is 0 Å². The Morgan fingerprint density at radius 2 is 0.711 bits per heavy atom. The van der Waals surface area contributed by atoms with Crippen molar-refractivity contribution in [1.82, 2.24) is 0 Å². The van der Waals surface area contributed by atoms with Crippen molar-refractivity contribution in [2.45, 2.75) is 0 Å². The van der Waals surface area contributed by atoms with Crippen molar-refractivity contribution in [3.05, 3.63) is 162 Å². The molecular weight excluding hydrogens is 526 g/mol. The molecule has 0 unspecified atom stereocenters. The van der Waals surface area contributed by atoms with Crippen LogP contribution in [0.3, 0.4) is 0 Å². The van der Waals surface area contributed by atoms with Crippen molar-refractivity contribution in [2.24, 2.45) is 0 Å². The number of hydrogen-bond acceptors (Lipinski definition) is 1.